The molecule has 0 aliphatic heterocycles. The molecule has 19 heavy (non-hydrogen) atoms. The van der Waals surface area contributed by atoms with Crippen molar-refractivity contribution in [2.24, 2.45) is 0 Å². The number of hydrogen-bond acceptors (Lipinski definition) is 2. The third-order valence-electron chi connectivity index (χ3n) is 2.81. The molecule has 0 atom stereocenters. The van der Waals surface area contributed by atoms with Gasteiger partial charge in [-0.15, -0.1) is 0 Å². The van der Waals surface area contributed by atoms with Gasteiger partial charge in [0.15, 0.2) is 0 Å². The van der Waals surface area contributed by atoms with E-state index in [-0.39, 0.29) is 0 Å². The number of ether oxygens (including phenoxy) is 1. The quantitative estimate of drug-likeness (QED) is 0.393. The Hall–Kier alpha value is 0.299. The molecule has 3 radical (unpaired) electrons. The minimum atomic E-state index is 0.783. The van der Waals surface area contributed by atoms with E-state index in [0.29, 0.717) is 0 Å². The molecule has 0 N–H and O–H groups in total. The van der Waals surface area contributed by atoms with Gasteiger partial charge in [-0.1, -0.05) is 40.0 Å². The molecule has 3 heteroatoms. The Bertz CT molecular complexity index is 155. The van der Waals surface area contributed by atoms with Crippen LogP contribution in [0.2, 0.25) is 0 Å². The van der Waals surface area contributed by atoms with Crippen LogP contribution in [0.3, 0.4) is 0 Å². The molecule has 0 spiro atoms. The van der Waals surface area contributed by atoms with E-state index >= 15 is 0 Å². The van der Waals surface area contributed by atoms with Crippen molar-refractivity contribution < 1.29 is 4.74 Å². The zero-order valence-corrected chi connectivity index (χ0v) is 16.4. The first-order valence-corrected chi connectivity index (χ1v) is 9.57. The summed E-state index contributed by atoms with van der Waals surface area (Å²) in [4.78, 5) is 2.64. The van der Waals surface area contributed by atoms with E-state index in [1.807, 2.05) is 11.0 Å². The van der Waals surface area contributed by atoms with E-state index in [2.05, 4.69) is 25.7 Å². The molecule has 0 saturated heterocycles. The van der Waals surface area contributed by atoms with Gasteiger partial charge in [-0.2, -0.15) is 0 Å². The Labute approximate surface area is 135 Å². The van der Waals surface area contributed by atoms with Gasteiger partial charge in [0.05, 0.1) is 0 Å². The van der Waals surface area contributed by atoms with Crippen LogP contribution < -0.4 is 0 Å². The number of hydrogen-bond donors (Lipinski definition) is 0. The molecule has 0 aromatic carbocycles. The molecule has 0 bridgehead atoms. The van der Waals surface area contributed by atoms with Gasteiger partial charge in [0.2, 0.25) is 0 Å². The van der Waals surface area contributed by atoms with E-state index in [1.165, 1.54) is 80.7 Å². The maximum absolute atomic E-state index is 4.82. The molecule has 0 aliphatic carbocycles. The standard InChI is InChI=1S/C12H27N.C4H7O.Sn/c1-4-7-10-13(11-8-5-2)12-9-6-3;1-3-5-4-2;/h4-12H2,1-3H3;1,3H,4H2,2H3;. The molecule has 0 aromatic rings. The molecule has 0 fully saturated rings. The second kappa shape index (κ2) is 20.6. The van der Waals surface area contributed by atoms with Gasteiger partial charge in [0.25, 0.3) is 0 Å². The van der Waals surface area contributed by atoms with Crippen molar-refractivity contribution in [3.63, 3.8) is 0 Å². The van der Waals surface area contributed by atoms with Gasteiger partial charge in [-0.25, -0.2) is 0 Å². The number of nitrogens with zero attached hydrogens (tertiary/aromatic N) is 1. The molecule has 0 unspecified atom stereocenters. The van der Waals surface area contributed by atoms with Gasteiger partial charge in [0.1, 0.15) is 0 Å². The van der Waals surface area contributed by atoms with Crippen molar-refractivity contribution in [2.45, 2.75) is 66.2 Å². The molecule has 113 valence electrons. The summed E-state index contributed by atoms with van der Waals surface area (Å²) in [5.74, 6) is 0. The van der Waals surface area contributed by atoms with Crippen molar-refractivity contribution >= 4 is 22.5 Å². The van der Waals surface area contributed by atoms with Crippen molar-refractivity contribution in [1.29, 1.82) is 0 Å². The normalized spacial score (nSPS) is 10.6. The van der Waals surface area contributed by atoms with Crippen molar-refractivity contribution in [3.05, 3.63) is 10.4 Å². The van der Waals surface area contributed by atoms with Crippen LogP contribution in [0.4, 0.5) is 0 Å². The van der Waals surface area contributed by atoms with E-state index < -0.39 is 0 Å². The van der Waals surface area contributed by atoms with Crippen LogP contribution in [0.1, 0.15) is 66.2 Å². The van der Waals surface area contributed by atoms with Crippen LogP contribution in [0, 0.1) is 0 Å². The Morgan fingerprint density at radius 1 is 0.842 bits per heavy atom. The predicted octanol–water partition coefficient (Wildman–Crippen LogP) is 4.35. The molecule has 0 heterocycles. The summed E-state index contributed by atoms with van der Waals surface area (Å²) in [6.45, 7) is 13.5. The van der Waals surface area contributed by atoms with Crippen LogP contribution in [0.25, 0.3) is 0 Å². The summed E-state index contributed by atoms with van der Waals surface area (Å²) in [6.07, 6.45) is 9.81. The number of unbranched alkanes of at least 4 members (excludes halogenated alkanes) is 3. The molecule has 2 nitrogen and oxygen atoms in total. The summed E-state index contributed by atoms with van der Waals surface area (Å²) < 4.78 is 6.78. The van der Waals surface area contributed by atoms with Crippen LogP contribution >= 0.6 is 0 Å². The fraction of sp³-hybridized carbons (Fsp3) is 0.875. The average molecular weight is 375 g/mol. The van der Waals surface area contributed by atoms with Crippen molar-refractivity contribution in [2.75, 3.05) is 26.2 Å². The fourth-order valence-corrected chi connectivity index (χ4v) is 1.90. The zero-order chi connectivity index (χ0) is 14.8. The Morgan fingerprint density at radius 2 is 1.26 bits per heavy atom. The van der Waals surface area contributed by atoms with E-state index in [1.54, 1.807) is 6.26 Å². The predicted molar refractivity (Wildman–Crippen MR) is 87.7 cm³/mol. The Morgan fingerprint density at radius 3 is 1.47 bits per heavy atom. The van der Waals surface area contributed by atoms with Gasteiger partial charge in [-0.3, -0.25) is 0 Å². The average Bonchev–Trinajstić information content (AvgIpc) is 2.45. The van der Waals surface area contributed by atoms with Gasteiger partial charge < -0.3 is 4.90 Å². The van der Waals surface area contributed by atoms with E-state index in [9.17, 15) is 0 Å². The first-order chi connectivity index (χ1) is 9.26. The maximum atomic E-state index is 4.82. The van der Waals surface area contributed by atoms with Crippen LogP contribution in [-0.2, 0) is 4.74 Å². The van der Waals surface area contributed by atoms with Crippen LogP contribution in [0.5, 0.6) is 0 Å². The molecular weight excluding hydrogens is 341 g/mol. The van der Waals surface area contributed by atoms with E-state index in [4.69, 9.17) is 4.74 Å². The Balaban J connectivity index is 0. The van der Waals surface area contributed by atoms with Gasteiger partial charge in [-0.05, 0) is 38.9 Å². The summed E-state index contributed by atoms with van der Waals surface area (Å²) in [7, 11) is 0. The van der Waals surface area contributed by atoms with E-state index in [0.717, 1.165) is 6.61 Å². The second-order valence-electron chi connectivity index (χ2n) is 4.66. The summed E-state index contributed by atoms with van der Waals surface area (Å²) >= 11 is 1.39. The monoisotopic (exact) mass is 376 g/mol. The third-order valence-corrected chi connectivity index (χ3v) is 3.20. The van der Waals surface area contributed by atoms with Crippen LogP contribution in [-0.4, -0.2) is 53.7 Å². The summed E-state index contributed by atoms with van der Waals surface area (Å²) in [6, 6.07) is 0. The molecule has 0 aromatic heterocycles. The van der Waals surface area contributed by atoms with Crippen LogP contribution in [0.15, 0.2) is 10.4 Å². The SMILES string of the molecule is CCCCN(CCCC)CCCC.CCOC=[CH][Sn]. The third kappa shape index (κ3) is 20.8. The first-order valence-electron chi connectivity index (χ1n) is 7.92. The van der Waals surface area contributed by atoms with Gasteiger partial charge in [0, 0.05) is 0 Å². The first kappa shape index (κ1) is 21.6. The molecular formula is C16H34NOSn. The van der Waals surface area contributed by atoms with Crippen molar-refractivity contribution in [3.8, 4) is 0 Å². The molecule has 0 saturated carbocycles. The second-order valence-corrected chi connectivity index (χ2v) is 5.61. The molecule has 0 aliphatic rings. The van der Waals surface area contributed by atoms with Gasteiger partial charge >= 0.3 is 51.1 Å². The molecule has 0 amide bonds. The number of rotatable bonds is 11. The Kier molecular flexibility index (Phi) is 23.4. The van der Waals surface area contributed by atoms with Crippen molar-refractivity contribution in [1.82, 2.24) is 4.90 Å². The topological polar surface area (TPSA) is 12.5 Å². The fourth-order valence-electron chi connectivity index (χ4n) is 1.62. The zero-order valence-electron chi connectivity index (χ0n) is 13.6. The summed E-state index contributed by atoms with van der Waals surface area (Å²) in [5, 5.41) is 0. The summed E-state index contributed by atoms with van der Waals surface area (Å²) in [5.41, 5.74) is 0. The molecule has 0 rings (SSSR count). The minimum absolute atomic E-state index is 0.783.